The van der Waals surface area contributed by atoms with E-state index < -0.39 is 11.6 Å². The van der Waals surface area contributed by atoms with E-state index in [4.69, 9.17) is 0 Å². The van der Waals surface area contributed by atoms with Crippen LogP contribution in [0.5, 0.6) is 0 Å². The van der Waals surface area contributed by atoms with Crippen molar-refractivity contribution < 1.29 is 18.5 Å². The number of quaternary nitrogens is 1. The van der Waals surface area contributed by atoms with Crippen molar-refractivity contribution in [3.05, 3.63) is 64.7 Å². The van der Waals surface area contributed by atoms with Crippen LogP contribution in [-0.2, 0) is 6.54 Å². The number of para-hydroxylation sites is 1. The molecule has 2 aromatic carbocycles. The van der Waals surface area contributed by atoms with Gasteiger partial charge < -0.3 is 9.80 Å². The standard InChI is InChI=1S/C19H17F2N3OS/c20-14-9-13(10-15(21)11-14)19(25)24-7-5-23(6-8-24)12-18-22-16-3-1-2-4-17(16)26-18/h1-4,9-11H,5-8,12H2/p+1. The fourth-order valence-corrected chi connectivity index (χ4v) is 4.31. The number of aromatic nitrogens is 1. The fraction of sp³-hybridized carbons (Fsp3) is 0.263. The van der Waals surface area contributed by atoms with Gasteiger partial charge in [0.2, 0.25) is 0 Å². The summed E-state index contributed by atoms with van der Waals surface area (Å²) in [5.74, 6) is -1.77. The second-order valence-electron chi connectivity index (χ2n) is 6.45. The number of thiazole rings is 1. The van der Waals surface area contributed by atoms with Crippen LogP contribution in [0.3, 0.4) is 0 Å². The third-order valence-electron chi connectivity index (χ3n) is 4.61. The van der Waals surface area contributed by atoms with E-state index in [0.29, 0.717) is 13.1 Å². The summed E-state index contributed by atoms with van der Waals surface area (Å²) in [5, 5.41) is 1.09. The molecule has 4 nitrogen and oxygen atoms in total. The van der Waals surface area contributed by atoms with Gasteiger partial charge in [0.25, 0.3) is 5.91 Å². The molecule has 1 fully saturated rings. The van der Waals surface area contributed by atoms with Crippen LogP contribution in [-0.4, -0.2) is 42.0 Å². The molecule has 0 radical (unpaired) electrons. The monoisotopic (exact) mass is 374 g/mol. The van der Waals surface area contributed by atoms with Crippen molar-refractivity contribution in [2.24, 2.45) is 0 Å². The molecule has 1 aliphatic rings. The number of hydrogen-bond acceptors (Lipinski definition) is 3. The van der Waals surface area contributed by atoms with E-state index in [1.54, 1.807) is 16.2 Å². The highest BCUT2D eigenvalue weighted by Crippen LogP contribution is 2.20. The maximum atomic E-state index is 13.3. The Bertz CT molecular complexity index is 898. The molecule has 4 rings (SSSR count). The van der Waals surface area contributed by atoms with Crippen molar-refractivity contribution >= 4 is 27.5 Å². The van der Waals surface area contributed by atoms with Gasteiger partial charge in [-0.3, -0.25) is 4.79 Å². The van der Waals surface area contributed by atoms with E-state index in [0.717, 1.165) is 48.4 Å². The number of nitrogens with zero attached hydrogens (tertiary/aromatic N) is 2. The predicted molar refractivity (Wildman–Crippen MR) is 96.3 cm³/mol. The molecule has 2 heterocycles. The first-order valence-electron chi connectivity index (χ1n) is 8.52. The summed E-state index contributed by atoms with van der Waals surface area (Å²) in [4.78, 5) is 20.1. The minimum atomic E-state index is -0.728. The number of halogens is 2. The van der Waals surface area contributed by atoms with Gasteiger partial charge in [0.15, 0.2) is 0 Å². The summed E-state index contributed by atoms with van der Waals surface area (Å²) in [6, 6.07) is 11.0. The summed E-state index contributed by atoms with van der Waals surface area (Å²) in [5.41, 5.74) is 1.09. The van der Waals surface area contributed by atoms with Crippen LogP contribution in [0, 0.1) is 11.6 Å². The Morgan fingerprint density at radius 2 is 1.81 bits per heavy atom. The average molecular weight is 374 g/mol. The predicted octanol–water partition coefficient (Wildman–Crippen LogP) is 2.12. The van der Waals surface area contributed by atoms with Crippen LogP contribution in [0.2, 0.25) is 0 Å². The lowest BCUT2D eigenvalue weighted by molar-refractivity contribution is -0.917. The normalized spacial score (nSPS) is 15.5. The first-order chi connectivity index (χ1) is 12.6. The summed E-state index contributed by atoms with van der Waals surface area (Å²) >= 11 is 1.70. The second kappa shape index (κ2) is 7.09. The molecule has 0 unspecified atom stereocenters. The third kappa shape index (κ3) is 3.59. The maximum Gasteiger partial charge on any atom is 0.254 e. The van der Waals surface area contributed by atoms with Crippen LogP contribution in [0.15, 0.2) is 42.5 Å². The fourth-order valence-electron chi connectivity index (χ4n) is 3.27. The Morgan fingerprint density at radius 1 is 1.12 bits per heavy atom. The number of fused-ring (bicyclic) bond motifs is 1. The van der Waals surface area contributed by atoms with E-state index in [9.17, 15) is 13.6 Å². The zero-order chi connectivity index (χ0) is 18.1. The topological polar surface area (TPSA) is 37.6 Å². The van der Waals surface area contributed by atoms with E-state index in [1.165, 1.54) is 9.60 Å². The summed E-state index contributed by atoms with van der Waals surface area (Å²) in [7, 11) is 0. The molecule has 134 valence electrons. The molecule has 0 bridgehead atoms. The van der Waals surface area contributed by atoms with Gasteiger partial charge in [-0.25, -0.2) is 13.8 Å². The number of nitrogens with one attached hydrogen (secondary N) is 1. The minimum absolute atomic E-state index is 0.0668. The largest absolute Gasteiger partial charge is 0.327 e. The van der Waals surface area contributed by atoms with Gasteiger partial charge in [-0.05, 0) is 24.3 Å². The Labute approximate surface area is 153 Å². The quantitative estimate of drug-likeness (QED) is 0.763. The first-order valence-corrected chi connectivity index (χ1v) is 9.33. The van der Waals surface area contributed by atoms with Crippen LogP contribution in [0.25, 0.3) is 10.2 Å². The molecule has 26 heavy (non-hydrogen) atoms. The van der Waals surface area contributed by atoms with Gasteiger partial charge in [-0.2, -0.15) is 0 Å². The zero-order valence-electron chi connectivity index (χ0n) is 14.0. The Morgan fingerprint density at radius 3 is 2.50 bits per heavy atom. The highest BCUT2D eigenvalue weighted by Gasteiger charge is 2.26. The Hall–Kier alpha value is -2.38. The van der Waals surface area contributed by atoms with Crippen molar-refractivity contribution in [2.75, 3.05) is 26.2 Å². The molecule has 1 amide bonds. The van der Waals surface area contributed by atoms with Crippen molar-refractivity contribution in [2.45, 2.75) is 6.54 Å². The third-order valence-corrected chi connectivity index (χ3v) is 5.64. The number of amides is 1. The summed E-state index contributed by atoms with van der Waals surface area (Å²) < 4.78 is 27.8. The van der Waals surface area contributed by atoms with E-state index in [-0.39, 0.29) is 11.5 Å². The number of benzene rings is 2. The number of hydrogen-bond donors (Lipinski definition) is 1. The second-order valence-corrected chi connectivity index (χ2v) is 7.57. The van der Waals surface area contributed by atoms with E-state index in [1.807, 2.05) is 18.2 Å². The molecule has 1 aromatic heterocycles. The smallest absolute Gasteiger partial charge is 0.254 e. The lowest BCUT2D eigenvalue weighted by Gasteiger charge is -2.31. The number of carbonyl (C=O) groups is 1. The number of carbonyl (C=O) groups excluding carboxylic acids is 1. The van der Waals surface area contributed by atoms with Gasteiger partial charge in [0, 0.05) is 11.6 Å². The van der Waals surface area contributed by atoms with E-state index in [2.05, 4.69) is 11.1 Å². The zero-order valence-corrected chi connectivity index (χ0v) is 14.9. The van der Waals surface area contributed by atoms with Gasteiger partial charge in [-0.1, -0.05) is 12.1 Å². The van der Waals surface area contributed by atoms with Crippen LogP contribution in [0.1, 0.15) is 15.4 Å². The van der Waals surface area contributed by atoms with Gasteiger partial charge in [-0.15, -0.1) is 11.3 Å². The molecular weight excluding hydrogens is 356 g/mol. The van der Waals surface area contributed by atoms with Gasteiger partial charge in [0.05, 0.1) is 36.4 Å². The SMILES string of the molecule is O=C(c1cc(F)cc(F)c1)N1CC[NH+](Cc2nc3ccccc3s2)CC1. The van der Waals surface area contributed by atoms with Crippen molar-refractivity contribution in [1.82, 2.24) is 9.88 Å². The van der Waals surface area contributed by atoms with Crippen LogP contribution >= 0.6 is 11.3 Å². The first kappa shape index (κ1) is 17.1. The van der Waals surface area contributed by atoms with E-state index >= 15 is 0 Å². The number of piperazine rings is 1. The lowest BCUT2D eigenvalue weighted by atomic mass is 10.1. The van der Waals surface area contributed by atoms with Crippen molar-refractivity contribution in [3.8, 4) is 0 Å². The lowest BCUT2D eigenvalue weighted by Crippen LogP contribution is -3.13. The molecule has 1 N–H and O–H groups in total. The molecule has 3 aromatic rings. The molecule has 1 aliphatic heterocycles. The molecule has 1 saturated heterocycles. The summed E-state index contributed by atoms with van der Waals surface area (Å²) in [6.07, 6.45) is 0. The Kier molecular flexibility index (Phi) is 4.65. The maximum absolute atomic E-state index is 13.3. The van der Waals surface area contributed by atoms with Gasteiger partial charge in [0.1, 0.15) is 23.2 Å². The van der Waals surface area contributed by atoms with Crippen molar-refractivity contribution in [1.29, 1.82) is 0 Å². The molecule has 0 spiro atoms. The summed E-state index contributed by atoms with van der Waals surface area (Å²) in [6.45, 7) is 3.54. The highest BCUT2D eigenvalue weighted by atomic mass is 32.1. The van der Waals surface area contributed by atoms with Crippen LogP contribution in [0.4, 0.5) is 8.78 Å². The van der Waals surface area contributed by atoms with Crippen LogP contribution < -0.4 is 4.90 Å². The molecule has 0 saturated carbocycles. The molecule has 7 heteroatoms. The highest BCUT2D eigenvalue weighted by molar-refractivity contribution is 7.18. The van der Waals surface area contributed by atoms with Crippen molar-refractivity contribution in [3.63, 3.8) is 0 Å². The average Bonchev–Trinajstić information content (AvgIpc) is 3.03. The Balaban J connectivity index is 1.38. The molecule has 0 atom stereocenters. The molecular formula is C19H18F2N3OS+. The van der Waals surface area contributed by atoms with Gasteiger partial charge >= 0.3 is 0 Å². The molecule has 0 aliphatic carbocycles. The number of rotatable bonds is 3. The minimum Gasteiger partial charge on any atom is -0.327 e.